The Bertz CT molecular complexity index is 569. The van der Waals surface area contributed by atoms with Crippen LogP contribution in [-0.2, 0) is 0 Å². The van der Waals surface area contributed by atoms with Crippen molar-refractivity contribution in [1.29, 1.82) is 0 Å². The van der Waals surface area contributed by atoms with Gasteiger partial charge in [-0.2, -0.15) is 4.68 Å². The van der Waals surface area contributed by atoms with E-state index in [-0.39, 0.29) is 5.75 Å². The first-order valence-corrected chi connectivity index (χ1v) is 7.85. The number of aromatic nitrogens is 4. The molecule has 2 atom stereocenters. The van der Waals surface area contributed by atoms with Crippen LogP contribution in [0, 0.1) is 5.92 Å². The number of aromatic hydroxyl groups is 1. The second kappa shape index (κ2) is 5.83. The molecule has 6 heteroatoms. The van der Waals surface area contributed by atoms with Crippen molar-refractivity contribution in [3.63, 3.8) is 0 Å². The first-order valence-electron chi connectivity index (χ1n) is 6.97. The van der Waals surface area contributed by atoms with E-state index in [1.54, 1.807) is 28.6 Å². The number of hydrogen-bond donors (Lipinski definition) is 1. The highest BCUT2D eigenvalue weighted by Crippen LogP contribution is 2.35. The standard InChI is InChI=1S/C14H18N4OS/c1-10-3-2-4-13(9-10)20-14-15-16-17-18(14)11-5-7-12(19)8-6-11/h5-8,10,13,19H,2-4,9H2,1H3. The molecule has 2 unspecified atom stereocenters. The Balaban J connectivity index is 1.78. The van der Waals surface area contributed by atoms with Crippen molar-refractivity contribution in [3.8, 4) is 11.4 Å². The van der Waals surface area contributed by atoms with Crippen LogP contribution in [0.4, 0.5) is 0 Å². The van der Waals surface area contributed by atoms with Gasteiger partial charge in [0.15, 0.2) is 0 Å². The summed E-state index contributed by atoms with van der Waals surface area (Å²) in [6.07, 6.45) is 5.09. The van der Waals surface area contributed by atoms with Gasteiger partial charge in [-0.25, -0.2) is 0 Å². The molecule has 0 saturated heterocycles. The summed E-state index contributed by atoms with van der Waals surface area (Å²) in [5, 5.41) is 22.7. The van der Waals surface area contributed by atoms with Crippen LogP contribution in [0.5, 0.6) is 5.75 Å². The van der Waals surface area contributed by atoms with Gasteiger partial charge in [0.2, 0.25) is 5.16 Å². The SMILES string of the molecule is CC1CCCC(Sc2nnnn2-c2ccc(O)cc2)C1. The number of phenols is 1. The molecule has 0 bridgehead atoms. The zero-order valence-electron chi connectivity index (χ0n) is 11.4. The van der Waals surface area contributed by atoms with Crippen molar-refractivity contribution in [1.82, 2.24) is 20.2 Å². The zero-order chi connectivity index (χ0) is 13.9. The van der Waals surface area contributed by atoms with Gasteiger partial charge < -0.3 is 5.11 Å². The third-order valence-corrected chi connectivity index (χ3v) is 4.92. The average molecular weight is 290 g/mol. The second-order valence-electron chi connectivity index (χ2n) is 5.40. The topological polar surface area (TPSA) is 63.8 Å². The predicted molar refractivity (Wildman–Crippen MR) is 78.1 cm³/mol. The molecule has 1 fully saturated rings. The second-order valence-corrected chi connectivity index (χ2v) is 6.67. The van der Waals surface area contributed by atoms with E-state index in [0.29, 0.717) is 5.25 Å². The highest BCUT2D eigenvalue weighted by atomic mass is 32.2. The predicted octanol–water partition coefficient (Wildman–Crippen LogP) is 3.04. The number of hydrogen-bond acceptors (Lipinski definition) is 5. The van der Waals surface area contributed by atoms with Crippen LogP contribution in [0.15, 0.2) is 29.4 Å². The first-order chi connectivity index (χ1) is 9.72. The summed E-state index contributed by atoms with van der Waals surface area (Å²) in [5.74, 6) is 1.04. The zero-order valence-corrected chi connectivity index (χ0v) is 12.3. The molecular formula is C14H18N4OS. The lowest BCUT2D eigenvalue weighted by Crippen LogP contribution is -2.15. The van der Waals surface area contributed by atoms with Crippen LogP contribution in [0.2, 0.25) is 0 Å². The molecule has 1 aliphatic rings. The molecule has 0 radical (unpaired) electrons. The minimum Gasteiger partial charge on any atom is -0.508 e. The monoisotopic (exact) mass is 290 g/mol. The molecule has 2 aromatic rings. The van der Waals surface area contributed by atoms with Gasteiger partial charge in [-0.05, 0) is 53.5 Å². The lowest BCUT2D eigenvalue weighted by Gasteiger charge is -2.25. The minimum atomic E-state index is 0.247. The van der Waals surface area contributed by atoms with E-state index in [9.17, 15) is 5.11 Å². The molecule has 0 spiro atoms. The summed E-state index contributed by atoms with van der Waals surface area (Å²) < 4.78 is 1.74. The Morgan fingerprint density at radius 1 is 1.25 bits per heavy atom. The number of nitrogens with zero attached hydrogens (tertiary/aromatic N) is 4. The van der Waals surface area contributed by atoms with Crippen LogP contribution in [0.3, 0.4) is 0 Å². The fourth-order valence-corrected chi connectivity index (χ4v) is 3.98. The van der Waals surface area contributed by atoms with Crippen molar-refractivity contribution in [3.05, 3.63) is 24.3 Å². The normalized spacial score (nSPS) is 22.9. The molecular weight excluding hydrogens is 272 g/mol. The van der Waals surface area contributed by atoms with E-state index < -0.39 is 0 Å². The van der Waals surface area contributed by atoms with Gasteiger partial charge in [0.05, 0.1) is 5.69 Å². The summed E-state index contributed by atoms with van der Waals surface area (Å²) >= 11 is 1.76. The van der Waals surface area contributed by atoms with Crippen LogP contribution in [0.1, 0.15) is 32.6 Å². The van der Waals surface area contributed by atoms with Gasteiger partial charge in [-0.3, -0.25) is 0 Å². The smallest absolute Gasteiger partial charge is 0.214 e. The summed E-state index contributed by atoms with van der Waals surface area (Å²) in [7, 11) is 0. The summed E-state index contributed by atoms with van der Waals surface area (Å²) in [4.78, 5) is 0. The molecule has 1 aliphatic carbocycles. The Kier molecular flexibility index (Phi) is 3.91. The highest BCUT2D eigenvalue weighted by Gasteiger charge is 2.22. The molecule has 1 heterocycles. The third kappa shape index (κ3) is 2.95. The van der Waals surface area contributed by atoms with Crippen molar-refractivity contribution in [2.45, 2.75) is 43.0 Å². The lowest BCUT2D eigenvalue weighted by molar-refractivity contribution is 0.393. The van der Waals surface area contributed by atoms with Gasteiger partial charge in [-0.15, -0.1) is 5.10 Å². The van der Waals surface area contributed by atoms with Crippen molar-refractivity contribution in [2.24, 2.45) is 5.92 Å². The molecule has 106 valence electrons. The average Bonchev–Trinajstić information content (AvgIpc) is 2.88. The Labute approximate surface area is 122 Å². The van der Waals surface area contributed by atoms with Crippen LogP contribution in [0.25, 0.3) is 5.69 Å². The van der Waals surface area contributed by atoms with E-state index >= 15 is 0 Å². The van der Waals surface area contributed by atoms with Gasteiger partial charge in [-0.1, -0.05) is 31.5 Å². The maximum absolute atomic E-state index is 9.35. The Morgan fingerprint density at radius 3 is 2.80 bits per heavy atom. The fourth-order valence-electron chi connectivity index (χ4n) is 2.64. The molecule has 0 aliphatic heterocycles. The molecule has 1 aromatic carbocycles. The Morgan fingerprint density at radius 2 is 2.05 bits per heavy atom. The molecule has 3 rings (SSSR count). The van der Waals surface area contributed by atoms with Crippen molar-refractivity contribution in [2.75, 3.05) is 0 Å². The van der Waals surface area contributed by atoms with Gasteiger partial charge in [0.1, 0.15) is 5.75 Å². The fraction of sp³-hybridized carbons (Fsp3) is 0.500. The van der Waals surface area contributed by atoms with E-state index in [2.05, 4.69) is 22.4 Å². The van der Waals surface area contributed by atoms with Crippen molar-refractivity contribution >= 4 is 11.8 Å². The molecule has 1 saturated carbocycles. The number of rotatable bonds is 3. The number of phenolic OH excluding ortho intramolecular Hbond substituents is 1. The molecule has 0 amide bonds. The summed E-state index contributed by atoms with van der Waals surface area (Å²) in [6.45, 7) is 2.32. The van der Waals surface area contributed by atoms with Crippen LogP contribution in [-0.4, -0.2) is 30.6 Å². The number of thioether (sulfide) groups is 1. The number of benzene rings is 1. The summed E-state index contributed by atoms with van der Waals surface area (Å²) in [6, 6.07) is 6.93. The molecule has 1 N–H and O–H groups in total. The third-order valence-electron chi connectivity index (χ3n) is 3.70. The van der Waals surface area contributed by atoms with E-state index in [4.69, 9.17) is 0 Å². The van der Waals surface area contributed by atoms with Crippen molar-refractivity contribution < 1.29 is 5.11 Å². The number of tetrazole rings is 1. The van der Waals surface area contributed by atoms with Crippen LogP contribution < -0.4 is 0 Å². The lowest BCUT2D eigenvalue weighted by atomic mass is 9.91. The Hall–Kier alpha value is -1.56. The minimum absolute atomic E-state index is 0.247. The van der Waals surface area contributed by atoms with E-state index in [1.165, 1.54) is 25.7 Å². The van der Waals surface area contributed by atoms with E-state index in [0.717, 1.165) is 16.8 Å². The van der Waals surface area contributed by atoms with E-state index in [1.807, 2.05) is 12.1 Å². The van der Waals surface area contributed by atoms with Gasteiger partial charge in [0, 0.05) is 5.25 Å². The summed E-state index contributed by atoms with van der Waals surface area (Å²) in [5.41, 5.74) is 0.874. The molecule has 20 heavy (non-hydrogen) atoms. The van der Waals surface area contributed by atoms with Gasteiger partial charge in [0.25, 0.3) is 0 Å². The maximum Gasteiger partial charge on any atom is 0.214 e. The largest absolute Gasteiger partial charge is 0.508 e. The van der Waals surface area contributed by atoms with Gasteiger partial charge >= 0.3 is 0 Å². The first kappa shape index (κ1) is 13.4. The quantitative estimate of drug-likeness (QED) is 0.941. The maximum atomic E-state index is 9.35. The highest BCUT2D eigenvalue weighted by molar-refractivity contribution is 7.99. The van der Waals surface area contributed by atoms with Crippen LogP contribution >= 0.6 is 11.8 Å². The molecule has 1 aromatic heterocycles. The molecule has 5 nitrogen and oxygen atoms in total.